The summed E-state index contributed by atoms with van der Waals surface area (Å²) < 4.78 is 0. The molecule has 4 nitrogen and oxygen atoms in total. The Labute approximate surface area is 90.6 Å². The van der Waals surface area contributed by atoms with E-state index >= 15 is 0 Å². The molecule has 0 bridgehead atoms. The third-order valence-electron chi connectivity index (χ3n) is 3.06. The minimum absolute atomic E-state index is 0.188. The van der Waals surface area contributed by atoms with Crippen molar-refractivity contribution in [3.05, 3.63) is 0 Å². The summed E-state index contributed by atoms with van der Waals surface area (Å²) >= 11 is 0. The summed E-state index contributed by atoms with van der Waals surface area (Å²) in [6.07, 6.45) is 2.68. The molecule has 2 fully saturated rings. The molecule has 1 aliphatic carbocycles. The quantitative estimate of drug-likeness (QED) is 0.673. The molecule has 1 saturated heterocycles. The minimum atomic E-state index is -0.417. The molecule has 2 aliphatic rings. The summed E-state index contributed by atoms with van der Waals surface area (Å²) in [6.45, 7) is 3.98. The number of aliphatic hydroxyl groups is 1. The Morgan fingerprint density at radius 1 is 1.60 bits per heavy atom. The molecule has 0 spiro atoms. The largest absolute Gasteiger partial charge is 0.390 e. The molecule has 1 amide bonds. The zero-order valence-corrected chi connectivity index (χ0v) is 9.28. The fourth-order valence-corrected chi connectivity index (χ4v) is 2.06. The fraction of sp³-hybridized carbons (Fsp3) is 0.909. The van der Waals surface area contributed by atoms with Crippen LogP contribution in [0.15, 0.2) is 0 Å². The molecule has 1 saturated carbocycles. The predicted octanol–water partition coefficient (Wildman–Crippen LogP) is -0.0323. The second-order valence-corrected chi connectivity index (χ2v) is 4.94. The van der Waals surface area contributed by atoms with Crippen LogP contribution in [0.4, 0.5) is 0 Å². The van der Waals surface area contributed by atoms with Crippen LogP contribution >= 0.6 is 0 Å². The number of carbonyl (C=O) groups excluding carboxylic acids is 1. The highest BCUT2D eigenvalue weighted by molar-refractivity contribution is 5.78. The molecular weight excluding hydrogens is 192 g/mol. The lowest BCUT2D eigenvalue weighted by Crippen LogP contribution is -2.39. The van der Waals surface area contributed by atoms with Crippen LogP contribution in [-0.2, 0) is 4.79 Å². The number of hydrogen-bond donors (Lipinski definition) is 2. The van der Waals surface area contributed by atoms with Gasteiger partial charge in [-0.1, -0.05) is 6.92 Å². The van der Waals surface area contributed by atoms with Crippen molar-refractivity contribution in [2.45, 2.75) is 38.3 Å². The smallest absolute Gasteiger partial charge is 0.223 e. The lowest BCUT2D eigenvalue weighted by atomic mass is 10.2. The molecule has 0 aromatic rings. The lowest BCUT2D eigenvalue weighted by molar-refractivity contribution is -0.128. The lowest BCUT2D eigenvalue weighted by Gasteiger charge is -2.20. The Morgan fingerprint density at radius 3 is 2.87 bits per heavy atom. The Hall–Kier alpha value is -0.610. The van der Waals surface area contributed by atoms with Crippen LogP contribution in [0.2, 0.25) is 0 Å². The van der Waals surface area contributed by atoms with Gasteiger partial charge >= 0.3 is 0 Å². The van der Waals surface area contributed by atoms with Crippen LogP contribution < -0.4 is 5.32 Å². The van der Waals surface area contributed by atoms with Crippen molar-refractivity contribution < 1.29 is 9.90 Å². The number of likely N-dealkylation sites (tertiary alicyclic amines) is 1. The summed E-state index contributed by atoms with van der Waals surface area (Å²) in [5, 5.41) is 13.0. The predicted molar refractivity (Wildman–Crippen MR) is 57.4 cm³/mol. The maximum atomic E-state index is 11.5. The van der Waals surface area contributed by atoms with Gasteiger partial charge in [-0.25, -0.2) is 0 Å². The highest BCUT2D eigenvalue weighted by Gasteiger charge is 2.28. The Bertz CT molecular complexity index is 241. The number of nitrogens with zero attached hydrogens (tertiary/aromatic N) is 1. The summed E-state index contributed by atoms with van der Waals surface area (Å²) in [4.78, 5) is 13.2. The summed E-state index contributed by atoms with van der Waals surface area (Å²) in [7, 11) is 0. The van der Waals surface area contributed by atoms with Gasteiger partial charge in [0.05, 0.1) is 6.10 Å². The highest BCUT2D eigenvalue weighted by atomic mass is 16.3. The first-order chi connectivity index (χ1) is 7.15. The normalized spacial score (nSPS) is 28.5. The standard InChI is InChI=1S/C11H20N2O2/c1-8-4-11(15)13(6-8)7-10(14)5-12-9-2-3-9/h8-10,12,14H,2-7H2,1H3. The van der Waals surface area contributed by atoms with Crippen LogP contribution in [0.5, 0.6) is 0 Å². The summed E-state index contributed by atoms with van der Waals surface area (Å²) in [5.41, 5.74) is 0. The molecule has 2 unspecified atom stereocenters. The molecule has 86 valence electrons. The number of carbonyl (C=O) groups is 1. The first kappa shape index (κ1) is 10.9. The second-order valence-electron chi connectivity index (χ2n) is 4.94. The minimum Gasteiger partial charge on any atom is -0.390 e. The van der Waals surface area contributed by atoms with E-state index in [1.807, 2.05) is 0 Å². The van der Waals surface area contributed by atoms with Crippen molar-refractivity contribution in [2.75, 3.05) is 19.6 Å². The van der Waals surface area contributed by atoms with Gasteiger partial charge in [0.15, 0.2) is 0 Å². The second kappa shape index (κ2) is 4.49. The Kier molecular flexibility index (Phi) is 3.26. The van der Waals surface area contributed by atoms with Gasteiger partial charge in [-0.05, 0) is 18.8 Å². The molecule has 0 aromatic heterocycles. The maximum Gasteiger partial charge on any atom is 0.223 e. The zero-order valence-electron chi connectivity index (χ0n) is 9.28. The fourth-order valence-electron chi connectivity index (χ4n) is 2.06. The van der Waals surface area contributed by atoms with E-state index in [0.717, 1.165) is 6.54 Å². The molecule has 2 atom stereocenters. The van der Waals surface area contributed by atoms with E-state index in [9.17, 15) is 9.90 Å². The molecule has 0 aromatic carbocycles. The van der Waals surface area contributed by atoms with Gasteiger partial charge in [0.2, 0.25) is 5.91 Å². The summed E-state index contributed by atoms with van der Waals surface area (Å²) in [5.74, 6) is 0.633. The van der Waals surface area contributed by atoms with Crippen molar-refractivity contribution >= 4 is 5.91 Å². The van der Waals surface area contributed by atoms with Gasteiger partial charge in [-0.15, -0.1) is 0 Å². The van der Waals surface area contributed by atoms with E-state index in [0.29, 0.717) is 31.5 Å². The van der Waals surface area contributed by atoms with Crippen molar-refractivity contribution in [1.29, 1.82) is 0 Å². The molecule has 1 aliphatic heterocycles. The molecule has 15 heavy (non-hydrogen) atoms. The van der Waals surface area contributed by atoms with Crippen LogP contribution in [0.3, 0.4) is 0 Å². The number of nitrogens with one attached hydrogen (secondary N) is 1. The number of rotatable bonds is 5. The summed E-state index contributed by atoms with van der Waals surface area (Å²) in [6, 6.07) is 0.618. The molecule has 2 rings (SSSR count). The Morgan fingerprint density at radius 2 is 2.33 bits per heavy atom. The average molecular weight is 212 g/mol. The maximum absolute atomic E-state index is 11.5. The van der Waals surface area contributed by atoms with E-state index in [2.05, 4.69) is 12.2 Å². The van der Waals surface area contributed by atoms with Gasteiger partial charge in [0.25, 0.3) is 0 Å². The number of β-amino-alcohol motifs (C(OH)–C–C–N with tert-alkyl or cyclic N) is 1. The van der Waals surface area contributed by atoms with E-state index in [4.69, 9.17) is 0 Å². The van der Waals surface area contributed by atoms with E-state index < -0.39 is 6.10 Å². The Balaban J connectivity index is 1.68. The van der Waals surface area contributed by atoms with Crippen molar-refractivity contribution in [3.63, 3.8) is 0 Å². The van der Waals surface area contributed by atoms with Crippen LogP contribution in [-0.4, -0.2) is 47.7 Å². The first-order valence-electron chi connectivity index (χ1n) is 5.84. The van der Waals surface area contributed by atoms with Crippen molar-refractivity contribution in [3.8, 4) is 0 Å². The number of hydrogen-bond acceptors (Lipinski definition) is 3. The van der Waals surface area contributed by atoms with Crippen LogP contribution in [0, 0.1) is 5.92 Å². The van der Waals surface area contributed by atoms with Crippen LogP contribution in [0.1, 0.15) is 26.2 Å². The van der Waals surface area contributed by atoms with E-state index in [1.165, 1.54) is 12.8 Å². The van der Waals surface area contributed by atoms with Gasteiger partial charge in [0.1, 0.15) is 0 Å². The van der Waals surface area contributed by atoms with E-state index in [-0.39, 0.29) is 5.91 Å². The van der Waals surface area contributed by atoms with Gasteiger partial charge < -0.3 is 15.3 Å². The molecule has 1 heterocycles. The third kappa shape index (κ3) is 3.18. The number of amides is 1. The molecule has 4 heteroatoms. The third-order valence-corrected chi connectivity index (χ3v) is 3.06. The number of aliphatic hydroxyl groups excluding tert-OH is 1. The monoisotopic (exact) mass is 212 g/mol. The molecular formula is C11H20N2O2. The van der Waals surface area contributed by atoms with Gasteiger partial charge in [-0.3, -0.25) is 4.79 Å². The average Bonchev–Trinajstić information content (AvgIpc) is 2.92. The molecule has 2 N–H and O–H groups in total. The van der Waals surface area contributed by atoms with Gasteiger partial charge in [0, 0.05) is 32.1 Å². The topological polar surface area (TPSA) is 52.6 Å². The van der Waals surface area contributed by atoms with Crippen molar-refractivity contribution in [1.82, 2.24) is 10.2 Å². The van der Waals surface area contributed by atoms with Crippen molar-refractivity contribution in [2.24, 2.45) is 5.92 Å². The van der Waals surface area contributed by atoms with Gasteiger partial charge in [-0.2, -0.15) is 0 Å². The van der Waals surface area contributed by atoms with E-state index in [1.54, 1.807) is 4.90 Å². The molecule has 0 radical (unpaired) electrons. The zero-order chi connectivity index (χ0) is 10.8. The highest BCUT2D eigenvalue weighted by Crippen LogP contribution is 2.19. The van der Waals surface area contributed by atoms with Crippen LogP contribution in [0.25, 0.3) is 0 Å². The first-order valence-corrected chi connectivity index (χ1v) is 5.84. The SMILES string of the molecule is CC1CC(=O)N(CC(O)CNC2CC2)C1.